The first-order valence-electron chi connectivity index (χ1n) is 4.15. The van der Waals surface area contributed by atoms with Crippen LogP contribution in [-0.2, 0) is 0 Å². The number of carbonyl (C=O) groups excluding carboxylic acids is 1. The molecule has 0 aliphatic heterocycles. The quantitative estimate of drug-likeness (QED) is 0.391. The Kier molecular flexibility index (Phi) is 3.87. The van der Waals surface area contributed by atoms with Gasteiger partial charge in [0.15, 0.2) is 6.29 Å². The van der Waals surface area contributed by atoms with Gasteiger partial charge in [-0.05, 0) is 103 Å². The van der Waals surface area contributed by atoms with Crippen LogP contribution in [0.3, 0.4) is 0 Å². The van der Waals surface area contributed by atoms with Crippen LogP contribution in [0.1, 0.15) is 10.4 Å². The average Bonchev–Trinajstić information content (AvgIpc) is 2.16. The minimum Gasteiger partial charge on any atom is -0.298 e. The monoisotopic (exact) mass is 534 g/mol. The third-order valence-electron chi connectivity index (χ3n) is 2.11. The summed E-state index contributed by atoms with van der Waals surface area (Å²) in [5, 5.41) is 2.35. The minimum absolute atomic E-state index is 0.766. The Bertz CT molecular complexity index is 549. The molecule has 0 saturated carbocycles. The Morgan fingerprint density at radius 3 is 2.33 bits per heavy atom. The van der Waals surface area contributed by atoms with E-state index in [-0.39, 0.29) is 0 Å². The third kappa shape index (κ3) is 2.46. The summed E-state index contributed by atoms with van der Waals surface area (Å²) in [6.45, 7) is 0. The molecule has 0 fully saturated rings. The summed E-state index contributed by atoms with van der Waals surface area (Å²) in [4.78, 5) is 10.8. The zero-order valence-electron chi connectivity index (χ0n) is 7.43. The van der Waals surface area contributed by atoms with Gasteiger partial charge in [0.1, 0.15) is 0 Å². The van der Waals surface area contributed by atoms with E-state index in [0.29, 0.717) is 0 Å². The van der Waals surface area contributed by atoms with E-state index in [1.807, 2.05) is 6.07 Å². The smallest absolute Gasteiger partial charge is 0.151 e. The van der Waals surface area contributed by atoms with Crippen molar-refractivity contribution in [2.24, 2.45) is 0 Å². The number of hydrogen-bond acceptors (Lipinski definition) is 1. The molecule has 76 valence electrons. The normalized spacial score (nSPS) is 10.6. The van der Waals surface area contributed by atoms with Crippen LogP contribution in [-0.4, -0.2) is 6.29 Å². The van der Waals surface area contributed by atoms with Crippen molar-refractivity contribution in [3.05, 3.63) is 40.5 Å². The van der Waals surface area contributed by atoms with E-state index in [1.54, 1.807) is 0 Å². The Balaban J connectivity index is 2.87. The fraction of sp³-hybridized carbons (Fsp3) is 0. The molecular weight excluding hydrogens is 529 g/mol. The highest BCUT2D eigenvalue weighted by Gasteiger charge is 2.05. The van der Waals surface area contributed by atoms with Crippen molar-refractivity contribution in [2.75, 3.05) is 0 Å². The van der Waals surface area contributed by atoms with Gasteiger partial charge in [-0.3, -0.25) is 4.79 Å². The predicted molar refractivity (Wildman–Crippen MR) is 87.5 cm³/mol. The van der Waals surface area contributed by atoms with Gasteiger partial charge in [0.25, 0.3) is 0 Å². The van der Waals surface area contributed by atoms with Gasteiger partial charge >= 0.3 is 0 Å². The van der Waals surface area contributed by atoms with E-state index in [0.717, 1.165) is 20.8 Å². The molecule has 0 aliphatic rings. The highest BCUT2D eigenvalue weighted by molar-refractivity contribution is 14.1. The zero-order chi connectivity index (χ0) is 11.0. The van der Waals surface area contributed by atoms with E-state index < -0.39 is 0 Å². The van der Waals surface area contributed by atoms with Crippen molar-refractivity contribution in [2.45, 2.75) is 0 Å². The molecule has 0 bridgehead atoms. The summed E-state index contributed by atoms with van der Waals surface area (Å²) in [5.41, 5.74) is 0.766. The van der Waals surface area contributed by atoms with Crippen molar-refractivity contribution in [3.8, 4) is 0 Å². The van der Waals surface area contributed by atoms with Crippen LogP contribution in [0.2, 0.25) is 0 Å². The topological polar surface area (TPSA) is 17.1 Å². The lowest BCUT2D eigenvalue weighted by Crippen LogP contribution is -1.89. The molecule has 0 N–H and O–H groups in total. The van der Waals surface area contributed by atoms with Gasteiger partial charge in [-0.25, -0.2) is 0 Å². The summed E-state index contributed by atoms with van der Waals surface area (Å²) in [6.07, 6.45) is 0.912. The lowest BCUT2D eigenvalue weighted by Gasteiger charge is -2.05. The summed E-state index contributed by atoms with van der Waals surface area (Å²) in [5.74, 6) is 0. The molecule has 0 aliphatic carbocycles. The molecule has 15 heavy (non-hydrogen) atoms. The first-order valence-corrected chi connectivity index (χ1v) is 7.39. The fourth-order valence-electron chi connectivity index (χ4n) is 1.41. The van der Waals surface area contributed by atoms with Gasteiger partial charge in [0.05, 0.1) is 0 Å². The first kappa shape index (κ1) is 12.0. The number of rotatable bonds is 1. The molecule has 2 rings (SSSR count). The molecule has 0 radical (unpaired) electrons. The van der Waals surface area contributed by atoms with Gasteiger partial charge in [0.2, 0.25) is 0 Å². The van der Waals surface area contributed by atoms with Crippen LogP contribution in [0.15, 0.2) is 24.3 Å². The largest absolute Gasteiger partial charge is 0.298 e. The highest BCUT2D eigenvalue weighted by atomic mass is 127. The van der Waals surface area contributed by atoms with Crippen LogP contribution in [0.25, 0.3) is 10.8 Å². The number of aldehydes is 1. The molecule has 0 atom stereocenters. The Hall–Kier alpha value is 0.560. The second-order valence-electron chi connectivity index (χ2n) is 3.10. The molecule has 2 aromatic carbocycles. The van der Waals surface area contributed by atoms with Gasteiger partial charge in [-0.15, -0.1) is 0 Å². The van der Waals surface area contributed by atoms with E-state index in [4.69, 9.17) is 0 Å². The molecule has 1 nitrogen and oxygen atoms in total. The summed E-state index contributed by atoms with van der Waals surface area (Å²) in [7, 11) is 0. The SMILES string of the molecule is O=Cc1cc2c(I)cc(I)cc2cc1I. The van der Waals surface area contributed by atoms with Crippen LogP contribution in [0.5, 0.6) is 0 Å². The third-order valence-corrected chi connectivity index (χ3v) is 4.56. The number of hydrogen-bond donors (Lipinski definition) is 0. The molecule has 0 aromatic heterocycles. The molecular formula is C11H5I3O. The molecule has 0 unspecified atom stereocenters. The molecule has 4 heteroatoms. The Labute approximate surface area is 128 Å². The Morgan fingerprint density at radius 2 is 1.67 bits per heavy atom. The fourth-order valence-corrected chi connectivity index (χ4v) is 4.07. The van der Waals surface area contributed by atoms with Crippen LogP contribution < -0.4 is 0 Å². The Morgan fingerprint density at radius 1 is 0.933 bits per heavy atom. The predicted octanol–water partition coefficient (Wildman–Crippen LogP) is 4.47. The lowest BCUT2D eigenvalue weighted by molar-refractivity contribution is 0.112. The average molecular weight is 534 g/mol. The second-order valence-corrected chi connectivity index (χ2v) is 6.67. The lowest BCUT2D eigenvalue weighted by atomic mass is 10.1. The maximum atomic E-state index is 10.8. The van der Waals surface area contributed by atoms with Gasteiger partial charge in [0, 0.05) is 16.3 Å². The van der Waals surface area contributed by atoms with Gasteiger partial charge in [-0.2, -0.15) is 0 Å². The maximum Gasteiger partial charge on any atom is 0.151 e. The van der Waals surface area contributed by atoms with Crippen molar-refractivity contribution >= 4 is 84.8 Å². The molecule has 0 saturated heterocycles. The highest BCUT2D eigenvalue weighted by Crippen LogP contribution is 2.27. The van der Waals surface area contributed by atoms with Crippen molar-refractivity contribution in [1.82, 2.24) is 0 Å². The zero-order valence-corrected chi connectivity index (χ0v) is 13.9. The summed E-state index contributed by atoms with van der Waals surface area (Å²) >= 11 is 6.81. The number of carbonyl (C=O) groups is 1. The number of fused-ring (bicyclic) bond motifs is 1. The van der Waals surface area contributed by atoms with Crippen molar-refractivity contribution in [1.29, 1.82) is 0 Å². The van der Waals surface area contributed by atoms with Gasteiger partial charge in [-0.1, -0.05) is 0 Å². The van der Waals surface area contributed by atoms with Crippen LogP contribution in [0, 0.1) is 10.7 Å². The molecule has 2 aromatic rings. The number of halogens is 3. The van der Waals surface area contributed by atoms with Crippen LogP contribution in [0.4, 0.5) is 0 Å². The minimum atomic E-state index is 0.766. The van der Waals surface area contributed by atoms with Gasteiger partial charge < -0.3 is 0 Å². The maximum absolute atomic E-state index is 10.8. The van der Waals surface area contributed by atoms with Crippen LogP contribution >= 0.6 is 67.8 Å². The molecule has 0 spiro atoms. The summed E-state index contributed by atoms with van der Waals surface area (Å²) in [6, 6.07) is 8.27. The van der Waals surface area contributed by atoms with Crippen molar-refractivity contribution < 1.29 is 4.79 Å². The van der Waals surface area contributed by atoms with E-state index >= 15 is 0 Å². The first-order chi connectivity index (χ1) is 7.11. The second kappa shape index (κ2) is 4.82. The number of benzene rings is 2. The standard InChI is InChI=1S/C11H5I3O/c12-8-1-6-3-10(13)7(5-15)2-9(6)11(14)4-8/h1-5H. The van der Waals surface area contributed by atoms with E-state index in [1.165, 1.54) is 12.5 Å². The summed E-state index contributed by atoms with van der Waals surface area (Å²) < 4.78 is 3.42. The van der Waals surface area contributed by atoms with E-state index in [2.05, 4.69) is 86.0 Å². The van der Waals surface area contributed by atoms with E-state index in [9.17, 15) is 4.79 Å². The molecule has 0 heterocycles. The van der Waals surface area contributed by atoms with Crippen molar-refractivity contribution in [3.63, 3.8) is 0 Å². The molecule has 0 amide bonds.